The van der Waals surface area contributed by atoms with Crippen molar-refractivity contribution in [2.45, 2.75) is 32.3 Å². The van der Waals surface area contributed by atoms with E-state index in [9.17, 15) is 5.11 Å². The summed E-state index contributed by atoms with van der Waals surface area (Å²) in [7, 11) is 0. The van der Waals surface area contributed by atoms with E-state index in [-0.39, 0.29) is 12.7 Å². The van der Waals surface area contributed by atoms with Gasteiger partial charge in [0.1, 0.15) is 11.9 Å². The van der Waals surface area contributed by atoms with E-state index in [1.54, 1.807) is 6.20 Å². The van der Waals surface area contributed by atoms with Crippen LogP contribution in [-0.4, -0.2) is 52.4 Å². The van der Waals surface area contributed by atoms with Crippen molar-refractivity contribution in [3.05, 3.63) is 47.1 Å². The zero-order valence-electron chi connectivity index (χ0n) is 17.7. The van der Waals surface area contributed by atoms with Gasteiger partial charge in [0.2, 0.25) is 11.8 Å². The predicted molar refractivity (Wildman–Crippen MR) is 127 cm³/mol. The molecule has 3 aromatic rings. The number of halogens is 1. The molecule has 0 spiro atoms. The number of hydrogen-bond acceptors (Lipinski definition) is 7. The molecule has 0 radical (unpaired) electrons. The summed E-state index contributed by atoms with van der Waals surface area (Å²) in [4.78, 5) is 15.8. The number of fused-ring (bicyclic) bond motifs is 1. The van der Waals surface area contributed by atoms with Gasteiger partial charge in [0.05, 0.1) is 29.3 Å². The fraction of sp³-hybridized carbons (Fsp3) is 0.435. The molecule has 0 bridgehead atoms. The van der Waals surface area contributed by atoms with Crippen LogP contribution in [0.3, 0.4) is 0 Å². The van der Waals surface area contributed by atoms with Gasteiger partial charge in [-0.2, -0.15) is 4.98 Å². The van der Waals surface area contributed by atoms with Crippen molar-refractivity contribution in [2.75, 3.05) is 36.5 Å². The van der Waals surface area contributed by atoms with Crippen molar-refractivity contribution >= 4 is 38.6 Å². The molecule has 4 rings (SSSR count). The molecule has 2 N–H and O–H groups in total. The van der Waals surface area contributed by atoms with Gasteiger partial charge >= 0.3 is 0 Å². The standard InChI is InChI=1S/C23H28BrN5O2/c1-2-5-16(15-30)10-11-25-23-26-12-19(24)22(28-23)31-18-13-29(14-18)21-9-8-17-6-3-4-7-20(17)27-21/h3-4,6-9,12,16,18,30H,2,5,10-11,13-15H2,1H3,(H,25,26,28). The van der Waals surface area contributed by atoms with E-state index in [1.165, 1.54) is 0 Å². The normalized spacial score (nSPS) is 15.0. The van der Waals surface area contributed by atoms with Gasteiger partial charge in [-0.3, -0.25) is 0 Å². The Morgan fingerprint density at radius 1 is 1.19 bits per heavy atom. The van der Waals surface area contributed by atoms with E-state index in [0.29, 0.717) is 17.7 Å². The number of para-hydroxylation sites is 1. The quantitative estimate of drug-likeness (QED) is 0.443. The molecule has 164 valence electrons. The van der Waals surface area contributed by atoms with Gasteiger partial charge in [-0.1, -0.05) is 31.5 Å². The smallest absolute Gasteiger partial charge is 0.233 e. The molecular formula is C23H28BrN5O2. The van der Waals surface area contributed by atoms with Crippen molar-refractivity contribution in [2.24, 2.45) is 5.92 Å². The summed E-state index contributed by atoms with van der Waals surface area (Å²) in [6.07, 6.45) is 4.75. The van der Waals surface area contributed by atoms with Crippen molar-refractivity contribution < 1.29 is 9.84 Å². The summed E-state index contributed by atoms with van der Waals surface area (Å²) >= 11 is 3.49. The van der Waals surface area contributed by atoms with Crippen LogP contribution in [0.1, 0.15) is 26.2 Å². The monoisotopic (exact) mass is 485 g/mol. The molecule has 0 saturated carbocycles. The topological polar surface area (TPSA) is 83.4 Å². The second-order valence-corrected chi connectivity index (χ2v) is 8.76. The summed E-state index contributed by atoms with van der Waals surface area (Å²) in [6.45, 7) is 4.60. The second-order valence-electron chi connectivity index (χ2n) is 7.91. The lowest BCUT2D eigenvalue weighted by Crippen LogP contribution is -2.54. The first kappa shape index (κ1) is 21.8. The highest BCUT2D eigenvalue weighted by molar-refractivity contribution is 9.10. The fourth-order valence-electron chi connectivity index (χ4n) is 3.73. The molecule has 1 aromatic carbocycles. The van der Waals surface area contributed by atoms with Gasteiger partial charge in [-0.25, -0.2) is 9.97 Å². The number of aliphatic hydroxyl groups is 1. The Morgan fingerprint density at radius 3 is 2.84 bits per heavy atom. The zero-order chi connectivity index (χ0) is 21.6. The van der Waals surface area contributed by atoms with Crippen LogP contribution in [0.25, 0.3) is 10.9 Å². The first-order valence-corrected chi connectivity index (χ1v) is 11.6. The zero-order valence-corrected chi connectivity index (χ0v) is 19.3. The number of pyridine rings is 1. The Balaban J connectivity index is 1.31. The SMILES string of the molecule is CCCC(CO)CCNc1ncc(Br)c(OC2CN(c3ccc4ccccc4n3)C2)n1. The van der Waals surface area contributed by atoms with E-state index < -0.39 is 0 Å². The molecule has 7 nitrogen and oxygen atoms in total. The molecule has 0 amide bonds. The number of nitrogens with zero attached hydrogens (tertiary/aromatic N) is 4. The minimum Gasteiger partial charge on any atom is -0.470 e. The number of anilines is 2. The van der Waals surface area contributed by atoms with Gasteiger partial charge in [0.25, 0.3) is 0 Å². The molecule has 8 heteroatoms. The average Bonchev–Trinajstić information content (AvgIpc) is 2.76. The van der Waals surface area contributed by atoms with Crippen LogP contribution >= 0.6 is 15.9 Å². The first-order valence-electron chi connectivity index (χ1n) is 10.8. The Hall–Kier alpha value is -2.45. The maximum atomic E-state index is 9.43. The van der Waals surface area contributed by atoms with Gasteiger partial charge in [0, 0.05) is 18.5 Å². The second kappa shape index (κ2) is 10.2. The van der Waals surface area contributed by atoms with Crippen LogP contribution in [0.5, 0.6) is 5.88 Å². The highest BCUT2D eigenvalue weighted by atomic mass is 79.9. The van der Waals surface area contributed by atoms with Crippen molar-refractivity contribution in [1.29, 1.82) is 0 Å². The van der Waals surface area contributed by atoms with Gasteiger partial charge in [-0.05, 0) is 52.9 Å². The average molecular weight is 486 g/mol. The van der Waals surface area contributed by atoms with Crippen LogP contribution in [0.15, 0.2) is 47.1 Å². The van der Waals surface area contributed by atoms with Crippen molar-refractivity contribution in [3.8, 4) is 5.88 Å². The highest BCUT2D eigenvalue weighted by Gasteiger charge is 2.30. The third-order valence-corrected chi connectivity index (χ3v) is 6.08. The maximum Gasteiger partial charge on any atom is 0.233 e. The molecule has 1 unspecified atom stereocenters. The minimum atomic E-state index is 0.0515. The van der Waals surface area contributed by atoms with E-state index in [2.05, 4.69) is 61.2 Å². The highest BCUT2D eigenvalue weighted by Crippen LogP contribution is 2.28. The molecule has 31 heavy (non-hydrogen) atoms. The Kier molecular flexibility index (Phi) is 7.19. The number of benzene rings is 1. The number of hydrogen-bond donors (Lipinski definition) is 2. The van der Waals surface area contributed by atoms with E-state index in [4.69, 9.17) is 9.72 Å². The molecule has 1 atom stereocenters. The van der Waals surface area contributed by atoms with Crippen molar-refractivity contribution in [3.63, 3.8) is 0 Å². The number of aromatic nitrogens is 3. The molecule has 3 heterocycles. The number of nitrogens with one attached hydrogen (secondary N) is 1. The third kappa shape index (κ3) is 5.43. The van der Waals surface area contributed by atoms with Crippen LogP contribution in [0, 0.1) is 5.92 Å². The Morgan fingerprint density at radius 2 is 2.03 bits per heavy atom. The van der Waals surface area contributed by atoms with Crippen LogP contribution in [0.4, 0.5) is 11.8 Å². The number of ether oxygens (including phenoxy) is 1. The molecule has 1 saturated heterocycles. The van der Waals surface area contributed by atoms with Gasteiger partial charge in [0.15, 0.2) is 0 Å². The fourth-order valence-corrected chi connectivity index (χ4v) is 4.02. The minimum absolute atomic E-state index is 0.0515. The lowest BCUT2D eigenvalue weighted by atomic mass is 10.0. The van der Waals surface area contributed by atoms with E-state index >= 15 is 0 Å². The third-order valence-electron chi connectivity index (χ3n) is 5.54. The lowest BCUT2D eigenvalue weighted by molar-refractivity contribution is 0.159. The number of rotatable bonds is 10. The molecule has 2 aromatic heterocycles. The lowest BCUT2D eigenvalue weighted by Gasteiger charge is -2.39. The maximum absolute atomic E-state index is 9.43. The molecular weight excluding hydrogens is 458 g/mol. The number of aliphatic hydroxyl groups excluding tert-OH is 1. The summed E-state index contributed by atoms with van der Waals surface area (Å²) in [5.41, 5.74) is 1.00. The van der Waals surface area contributed by atoms with Crippen molar-refractivity contribution in [1.82, 2.24) is 15.0 Å². The first-order chi connectivity index (χ1) is 15.2. The van der Waals surface area contributed by atoms with E-state index in [1.807, 2.05) is 18.2 Å². The predicted octanol–water partition coefficient (Wildman–Crippen LogP) is 4.27. The van der Waals surface area contributed by atoms with Gasteiger partial charge < -0.3 is 20.1 Å². The molecule has 1 aliphatic rings. The summed E-state index contributed by atoms with van der Waals surface area (Å²) in [5, 5.41) is 13.8. The molecule has 0 aliphatic carbocycles. The Labute approximate surface area is 191 Å². The largest absolute Gasteiger partial charge is 0.470 e. The van der Waals surface area contributed by atoms with Crippen LogP contribution < -0.4 is 15.0 Å². The van der Waals surface area contributed by atoms with Gasteiger partial charge in [-0.15, -0.1) is 0 Å². The summed E-state index contributed by atoms with van der Waals surface area (Å²) < 4.78 is 6.84. The molecule has 1 aliphatic heterocycles. The summed E-state index contributed by atoms with van der Waals surface area (Å²) in [5.74, 6) is 2.36. The molecule has 1 fully saturated rings. The van der Waals surface area contributed by atoms with Crippen LogP contribution in [0.2, 0.25) is 0 Å². The van der Waals surface area contributed by atoms with E-state index in [0.717, 1.165) is 60.1 Å². The Bertz CT molecular complexity index is 1010. The van der Waals surface area contributed by atoms with Crippen LogP contribution in [-0.2, 0) is 0 Å². The summed E-state index contributed by atoms with van der Waals surface area (Å²) in [6, 6.07) is 12.3.